The molecular formula is C21H31FN6O2S. The number of benzene rings is 1. The van der Waals surface area contributed by atoms with Gasteiger partial charge in [-0.1, -0.05) is 0 Å². The van der Waals surface area contributed by atoms with Crippen molar-refractivity contribution in [1.29, 1.82) is 0 Å². The molecule has 0 saturated heterocycles. The van der Waals surface area contributed by atoms with Crippen molar-refractivity contribution in [2.45, 2.75) is 26.4 Å². The quantitative estimate of drug-likeness (QED) is 0.249. The van der Waals surface area contributed by atoms with Crippen LogP contribution in [0.2, 0.25) is 0 Å². The largest absolute Gasteiger partial charge is 0.487 e. The lowest BCUT2D eigenvalue weighted by molar-refractivity contribution is 0.0956. The summed E-state index contributed by atoms with van der Waals surface area (Å²) >= 11 is 1.16. The zero-order valence-electron chi connectivity index (χ0n) is 18.4. The highest BCUT2D eigenvalue weighted by atomic mass is 32.1. The summed E-state index contributed by atoms with van der Waals surface area (Å²) in [7, 11) is 3.96. The molecule has 1 unspecified atom stereocenters. The van der Waals surface area contributed by atoms with Gasteiger partial charge in [0.2, 0.25) is 0 Å². The summed E-state index contributed by atoms with van der Waals surface area (Å²) in [6, 6.07) is 3.97. The highest BCUT2D eigenvalue weighted by Gasteiger charge is 2.21. The van der Waals surface area contributed by atoms with Crippen molar-refractivity contribution in [2.24, 2.45) is 16.5 Å². The number of anilines is 1. The van der Waals surface area contributed by atoms with Gasteiger partial charge in [-0.2, -0.15) is 0 Å². The number of nitrogens with zero attached hydrogens (tertiary/aromatic N) is 2. The Hall–Kier alpha value is -2.69. The van der Waals surface area contributed by atoms with Gasteiger partial charge in [0, 0.05) is 19.2 Å². The average molecular weight is 451 g/mol. The topological polar surface area (TPSA) is 132 Å². The fraction of sp³-hybridized carbons (Fsp3) is 0.429. The Kier molecular flexibility index (Phi) is 8.78. The SMILES string of the molecule is Cc1c(C(=O)NCCCN(C)C)sc(N)c1C(N)=Nc1ccc(F)cc1OC(C)CN. The molecule has 170 valence electrons. The molecule has 2 aromatic rings. The Morgan fingerprint density at radius 2 is 2.10 bits per heavy atom. The molecule has 0 aliphatic rings. The van der Waals surface area contributed by atoms with Gasteiger partial charge in [0.15, 0.2) is 0 Å². The predicted octanol–water partition coefficient (Wildman–Crippen LogP) is 2.22. The number of carbonyl (C=O) groups excluding carboxylic acids is 1. The Morgan fingerprint density at radius 3 is 2.74 bits per heavy atom. The van der Waals surface area contributed by atoms with E-state index in [1.165, 1.54) is 18.2 Å². The second-order valence-corrected chi connectivity index (χ2v) is 8.53. The molecule has 0 bridgehead atoms. The van der Waals surface area contributed by atoms with Gasteiger partial charge in [-0.15, -0.1) is 11.3 Å². The van der Waals surface area contributed by atoms with Crippen molar-refractivity contribution in [2.75, 3.05) is 39.5 Å². The monoisotopic (exact) mass is 450 g/mol. The first-order valence-corrected chi connectivity index (χ1v) is 10.8. The molecule has 0 spiro atoms. The van der Waals surface area contributed by atoms with Gasteiger partial charge in [-0.05, 0) is 58.6 Å². The molecule has 0 fully saturated rings. The van der Waals surface area contributed by atoms with Gasteiger partial charge in [0.1, 0.15) is 29.2 Å². The van der Waals surface area contributed by atoms with Crippen LogP contribution in [0.15, 0.2) is 23.2 Å². The molecule has 1 amide bonds. The van der Waals surface area contributed by atoms with Crippen molar-refractivity contribution in [3.8, 4) is 5.75 Å². The number of hydrogen-bond donors (Lipinski definition) is 4. The minimum absolute atomic E-state index is 0.120. The lowest BCUT2D eigenvalue weighted by Crippen LogP contribution is -2.27. The third-order valence-corrected chi connectivity index (χ3v) is 5.65. The second-order valence-electron chi connectivity index (χ2n) is 7.48. The van der Waals surface area contributed by atoms with Crippen LogP contribution in [-0.2, 0) is 0 Å². The van der Waals surface area contributed by atoms with E-state index in [0.29, 0.717) is 33.2 Å². The van der Waals surface area contributed by atoms with Gasteiger partial charge in [-0.25, -0.2) is 9.38 Å². The van der Waals surface area contributed by atoms with E-state index in [1.54, 1.807) is 13.8 Å². The van der Waals surface area contributed by atoms with Crippen LogP contribution >= 0.6 is 11.3 Å². The van der Waals surface area contributed by atoms with Crippen LogP contribution in [0, 0.1) is 12.7 Å². The molecule has 2 rings (SSSR count). The molecule has 1 atom stereocenters. The molecular weight excluding hydrogens is 419 g/mol. The number of rotatable bonds is 10. The van der Waals surface area contributed by atoms with E-state index in [0.717, 1.165) is 24.3 Å². The first-order chi connectivity index (χ1) is 14.6. The molecule has 1 heterocycles. The molecule has 0 saturated carbocycles. The molecule has 31 heavy (non-hydrogen) atoms. The number of halogens is 1. The normalized spacial score (nSPS) is 12.8. The number of ether oxygens (including phenoxy) is 1. The van der Waals surface area contributed by atoms with E-state index in [4.69, 9.17) is 21.9 Å². The molecule has 0 aliphatic heterocycles. The molecule has 7 N–H and O–H groups in total. The average Bonchev–Trinajstić information content (AvgIpc) is 3.01. The van der Waals surface area contributed by atoms with Gasteiger partial charge in [0.25, 0.3) is 5.91 Å². The van der Waals surface area contributed by atoms with Crippen molar-refractivity contribution < 1.29 is 13.9 Å². The number of nitrogens with two attached hydrogens (primary N) is 3. The van der Waals surface area contributed by atoms with Gasteiger partial charge < -0.3 is 32.2 Å². The Labute approximate surface area is 186 Å². The minimum Gasteiger partial charge on any atom is -0.487 e. The number of amidine groups is 1. The van der Waals surface area contributed by atoms with Crippen LogP contribution in [0.4, 0.5) is 15.1 Å². The van der Waals surface area contributed by atoms with E-state index < -0.39 is 5.82 Å². The molecule has 0 radical (unpaired) electrons. The summed E-state index contributed by atoms with van der Waals surface area (Å²) < 4.78 is 19.4. The third kappa shape index (κ3) is 6.65. The van der Waals surface area contributed by atoms with Gasteiger partial charge in [-0.3, -0.25) is 4.79 Å². The molecule has 0 aliphatic carbocycles. The van der Waals surface area contributed by atoms with Crippen molar-refractivity contribution >= 4 is 33.8 Å². The molecule has 10 heteroatoms. The predicted molar refractivity (Wildman–Crippen MR) is 125 cm³/mol. The zero-order chi connectivity index (χ0) is 23.1. The Bertz CT molecular complexity index is 944. The van der Waals surface area contributed by atoms with Gasteiger partial charge in [0.05, 0.1) is 15.4 Å². The van der Waals surface area contributed by atoms with Crippen molar-refractivity contribution in [1.82, 2.24) is 10.2 Å². The lowest BCUT2D eigenvalue weighted by Gasteiger charge is -2.14. The lowest BCUT2D eigenvalue weighted by atomic mass is 10.1. The van der Waals surface area contributed by atoms with E-state index in [1.807, 2.05) is 14.1 Å². The Balaban J connectivity index is 2.27. The first-order valence-electron chi connectivity index (χ1n) is 9.96. The highest BCUT2D eigenvalue weighted by Crippen LogP contribution is 2.33. The molecule has 8 nitrogen and oxygen atoms in total. The smallest absolute Gasteiger partial charge is 0.261 e. The second kappa shape index (κ2) is 11.1. The molecule has 1 aromatic carbocycles. The van der Waals surface area contributed by atoms with Crippen LogP contribution in [0.25, 0.3) is 0 Å². The number of aliphatic imine (C=N–C) groups is 1. The fourth-order valence-electron chi connectivity index (χ4n) is 2.87. The summed E-state index contributed by atoms with van der Waals surface area (Å²) in [5, 5.41) is 3.29. The molecule has 1 aromatic heterocycles. The van der Waals surface area contributed by atoms with E-state index in [-0.39, 0.29) is 30.1 Å². The summed E-state index contributed by atoms with van der Waals surface area (Å²) in [4.78, 5) is 19.5. The van der Waals surface area contributed by atoms with Crippen molar-refractivity contribution in [3.05, 3.63) is 40.0 Å². The highest BCUT2D eigenvalue weighted by molar-refractivity contribution is 7.18. The summed E-state index contributed by atoms with van der Waals surface area (Å²) in [5.41, 5.74) is 19.5. The number of carbonyl (C=O) groups is 1. The number of thiophene rings is 1. The van der Waals surface area contributed by atoms with E-state index in [9.17, 15) is 9.18 Å². The fourth-order valence-corrected chi connectivity index (χ4v) is 3.87. The van der Waals surface area contributed by atoms with Crippen LogP contribution < -0.4 is 27.3 Å². The number of nitrogen functional groups attached to an aromatic ring is 1. The summed E-state index contributed by atoms with van der Waals surface area (Å²) in [6.45, 7) is 5.24. The van der Waals surface area contributed by atoms with Crippen LogP contribution in [0.5, 0.6) is 5.75 Å². The zero-order valence-corrected chi connectivity index (χ0v) is 19.2. The van der Waals surface area contributed by atoms with Crippen LogP contribution in [-0.4, -0.2) is 56.5 Å². The van der Waals surface area contributed by atoms with Crippen LogP contribution in [0.1, 0.15) is 34.1 Å². The van der Waals surface area contributed by atoms with Crippen LogP contribution in [0.3, 0.4) is 0 Å². The van der Waals surface area contributed by atoms with Gasteiger partial charge >= 0.3 is 0 Å². The van der Waals surface area contributed by atoms with Crippen molar-refractivity contribution in [3.63, 3.8) is 0 Å². The van der Waals surface area contributed by atoms with E-state index in [2.05, 4.69) is 15.2 Å². The minimum atomic E-state index is -0.462. The third-order valence-electron chi connectivity index (χ3n) is 4.53. The number of hydrogen-bond acceptors (Lipinski definition) is 7. The number of amides is 1. The summed E-state index contributed by atoms with van der Waals surface area (Å²) in [6.07, 6.45) is 0.511. The maximum Gasteiger partial charge on any atom is 0.261 e. The standard InChI is InChI=1S/C21H31FN6O2S/c1-12(11-23)30-16-10-14(22)6-7-15(16)27-19(24)17-13(2)18(31-20(17)25)21(29)26-8-5-9-28(3)4/h6-7,10,12H,5,8-9,11,23,25H2,1-4H3,(H2,24,27)(H,26,29). The maximum atomic E-state index is 13.7. The Morgan fingerprint density at radius 1 is 1.39 bits per heavy atom. The first kappa shape index (κ1) is 24.6. The summed E-state index contributed by atoms with van der Waals surface area (Å²) in [5.74, 6) is -0.313. The number of nitrogens with one attached hydrogen (secondary N) is 1. The van der Waals surface area contributed by atoms with E-state index >= 15 is 0 Å². The maximum absolute atomic E-state index is 13.7.